The number of nitrogens with one attached hydrogen (secondary N) is 1. The number of hydrogen-bond donors (Lipinski definition) is 1. The van der Waals surface area contributed by atoms with E-state index in [-0.39, 0.29) is 23.2 Å². The normalized spacial score (nSPS) is 24.1. The molecule has 2 aromatic rings. The van der Waals surface area contributed by atoms with Crippen LogP contribution in [0.2, 0.25) is 0 Å². The quantitative estimate of drug-likeness (QED) is 0.228. The van der Waals surface area contributed by atoms with Crippen molar-refractivity contribution in [1.29, 1.82) is 0 Å². The zero-order valence-electron chi connectivity index (χ0n) is 30.6. The number of ether oxygens (including phenoxy) is 2. The van der Waals surface area contributed by atoms with Crippen molar-refractivity contribution in [2.75, 3.05) is 31.0 Å². The van der Waals surface area contributed by atoms with Gasteiger partial charge >= 0.3 is 24.3 Å². The van der Waals surface area contributed by atoms with Gasteiger partial charge in [0.2, 0.25) is 0 Å². The second-order valence-corrected chi connectivity index (χ2v) is 14.5. The van der Waals surface area contributed by atoms with Gasteiger partial charge in [-0.05, 0) is 118 Å². The summed E-state index contributed by atoms with van der Waals surface area (Å²) in [5.74, 6) is 0.617. The maximum absolute atomic E-state index is 13.4. The fraction of sp³-hybridized carbons (Fsp3) is 0.632. The Hall–Kier alpha value is -3.44. The van der Waals surface area contributed by atoms with Crippen LogP contribution in [0.5, 0.6) is 0 Å². The van der Waals surface area contributed by atoms with Crippen LogP contribution in [-0.4, -0.2) is 44.8 Å². The van der Waals surface area contributed by atoms with Gasteiger partial charge in [0.25, 0.3) is 0 Å². The fourth-order valence-electron chi connectivity index (χ4n) is 7.90. The first-order valence-electron chi connectivity index (χ1n) is 17.3. The molecule has 1 N–H and O–H groups in total. The minimum Gasteiger partial charge on any atom is -0.465 e. The molecule has 2 unspecified atom stereocenters. The first-order valence-corrected chi connectivity index (χ1v) is 17.3. The second-order valence-electron chi connectivity index (χ2n) is 14.5. The summed E-state index contributed by atoms with van der Waals surface area (Å²) in [7, 11) is 2.35. The highest BCUT2D eigenvalue weighted by Gasteiger charge is 2.36. The summed E-state index contributed by atoms with van der Waals surface area (Å²) in [5, 5.41) is 3.23. The lowest BCUT2D eigenvalue weighted by Crippen LogP contribution is -2.41. The molecule has 0 radical (unpaired) electrons. The van der Waals surface area contributed by atoms with Gasteiger partial charge in [0.05, 0.1) is 36.5 Å². The molecule has 0 bridgehead atoms. The molecule has 2 aliphatic carbocycles. The second kappa shape index (κ2) is 16.7. The van der Waals surface area contributed by atoms with Gasteiger partial charge < -0.3 is 19.7 Å². The van der Waals surface area contributed by atoms with E-state index in [0.717, 1.165) is 56.7 Å². The molecule has 2 saturated carbocycles. The van der Waals surface area contributed by atoms with Crippen LogP contribution in [0.25, 0.3) is 0 Å². The number of halogens is 6. The van der Waals surface area contributed by atoms with Crippen molar-refractivity contribution in [3.05, 3.63) is 57.6 Å². The molecule has 0 heterocycles. The Labute approximate surface area is 292 Å². The number of hydrogen-bond acceptors (Lipinski definition) is 6. The Balaban J connectivity index is 0.000000271. The SMILES string of the molecule is CCN(c1cc(C(F)(F)F)cc(C(=O)OC)c1C)C1C[C@@H](C)C[C@@H](C)C1.COC(=O)c1cc(C(F)(F)F)cc(NC2C[C@@H](C)C[C@@H](C)C2)c1C. The summed E-state index contributed by atoms with van der Waals surface area (Å²) >= 11 is 0. The Bertz CT molecular complexity index is 1470. The molecule has 2 aromatic carbocycles. The first-order chi connectivity index (χ1) is 23.2. The number of alkyl halides is 6. The predicted molar refractivity (Wildman–Crippen MR) is 184 cm³/mol. The zero-order valence-corrected chi connectivity index (χ0v) is 30.6. The van der Waals surface area contributed by atoms with Gasteiger partial charge in [0, 0.05) is 30.0 Å². The van der Waals surface area contributed by atoms with Gasteiger partial charge in [0.1, 0.15) is 0 Å². The minimum absolute atomic E-state index is 0.0207. The molecule has 280 valence electrons. The minimum atomic E-state index is -4.52. The molecule has 0 amide bonds. The van der Waals surface area contributed by atoms with E-state index < -0.39 is 35.4 Å². The highest BCUT2D eigenvalue weighted by atomic mass is 19.4. The van der Waals surface area contributed by atoms with E-state index in [1.807, 2.05) is 11.8 Å². The number of rotatable bonds is 7. The maximum atomic E-state index is 13.4. The Kier molecular flexibility index (Phi) is 13.7. The van der Waals surface area contributed by atoms with Gasteiger partial charge in [-0.25, -0.2) is 9.59 Å². The number of methoxy groups -OCH3 is 2. The lowest BCUT2D eigenvalue weighted by molar-refractivity contribution is -0.138. The molecular weight excluding hydrogens is 662 g/mol. The van der Waals surface area contributed by atoms with Crippen LogP contribution in [0.3, 0.4) is 0 Å². The molecule has 0 saturated heterocycles. The van der Waals surface area contributed by atoms with Crippen LogP contribution in [0.4, 0.5) is 37.7 Å². The van der Waals surface area contributed by atoms with E-state index in [1.165, 1.54) is 20.3 Å². The van der Waals surface area contributed by atoms with E-state index in [1.54, 1.807) is 13.8 Å². The van der Waals surface area contributed by atoms with E-state index in [4.69, 9.17) is 4.74 Å². The molecule has 50 heavy (non-hydrogen) atoms. The molecule has 6 atom stereocenters. The molecule has 4 rings (SSSR count). The molecular formula is C38H52F6N2O4. The van der Waals surface area contributed by atoms with Crippen LogP contribution in [0, 0.1) is 37.5 Å². The van der Waals surface area contributed by atoms with Gasteiger partial charge in [-0.2, -0.15) is 26.3 Å². The lowest BCUT2D eigenvalue weighted by atomic mass is 9.79. The number of nitrogens with zero attached hydrogens (tertiary/aromatic N) is 1. The monoisotopic (exact) mass is 714 g/mol. The van der Waals surface area contributed by atoms with Crippen LogP contribution < -0.4 is 10.2 Å². The van der Waals surface area contributed by atoms with Crippen molar-refractivity contribution < 1.29 is 45.4 Å². The molecule has 12 heteroatoms. The van der Waals surface area contributed by atoms with Crippen LogP contribution in [-0.2, 0) is 21.8 Å². The Morgan fingerprint density at radius 1 is 0.700 bits per heavy atom. The standard InChI is InChI=1S/C20H28F3NO2.C18H24F3NO2/c1-6-24(16-8-12(2)7-13(3)9-16)18-11-15(20(21,22)23)10-17(14(18)4)19(25)26-5;1-10-5-11(2)7-14(6-10)22-16-9-13(18(19,20)21)8-15(12(16)3)17(23)24-4/h10-13,16H,6-9H2,1-5H3;8-11,14,22H,5-7H2,1-4H3/t12-,13+,16?;10-,11+,14?. The third-order valence-corrected chi connectivity index (χ3v) is 10.0. The van der Waals surface area contributed by atoms with Gasteiger partial charge in [0.15, 0.2) is 0 Å². The van der Waals surface area contributed by atoms with E-state index >= 15 is 0 Å². The Morgan fingerprint density at radius 3 is 1.54 bits per heavy atom. The van der Waals surface area contributed by atoms with Crippen molar-refractivity contribution >= 4 is 23.3 Å². The zero-order chi connectivity index (χ0) is 37.7. The van der Waals surface area contributed by atoms with E-state index in [9.17, 15) is 35.9 Å². The highest BCUT2D eigenvalue weighted by Crippen LogP contribution is 2.40. The van der Waals surface area contributed by atoms with Crippen molar-refractivity contribution in [2.24, 2.45) is 23.7 Å². The summed E-state index contributed by atoms with van der Waals surface area (Å²) in [5.41, 5.74) is 0.144. The molecule has 2 aliphatic rings. The van der Waals surface area contributed by atoms with Crippen LogP contribution in [0.1, 0.15) is 116 Å². The van der Waals surface area contributed by atoms with E-state index in [2.05, 4.69) is 37.7 Å². The summed E-state index contributed by atoms with van der Waals surface area (Å²) < 4.78 is 89.1. The van der Waals surface area contributed by atoms with Crippen molar-refractivity contribution in [3.8, 4) is 0 Å². The lowest BCUT2D eigenvalue weighted by Gasteiger charge is -2.41. The summed E-state index contributed by atoms with van der Waals surface area (Å²) in [6.45, 7) is 14.6. The molecule has 6 nitrogen and oxygen atoms in total. The fourth-order valence-corrected chi connectivity index (χ4v) is 7.90. The first kappa shape index (κ1) is 41.0. The average molecular weight is 715 g/mol. The van der Waals surface area contributed by atoms with Crippen LogP contribution in [0.15, 0.2) is 24.3 Å². The predicted octanol–water partition coefficient (Wildman–Crippen LogP) is 10.5. The third kappa shape index (κ3) is 10.3. The molecule has 2 fully saturated rings. The smallest absolute Gasteiger partial charge is 0.416 e. The third-order valence-electron chi connectivity index (χ3n) is 10.0. The van der Waals surface area contributed by atoms with Gasteiger partial charge in [-0.3, -0.25) is 0 Å². The van der Waals surface area contributed by atoms with Crippen molar-refractivity contribution in [2.45, 2.75) is 111 Å². The number of anilines is 2. The van der Waals surface area contributed by atoms with Gasteiger partial charge in [-0.15, -0.1) is 0 Å². The number of benzene rings is 2. The summed E-state index contributed by atoms with van der Waals surface area (Å²) in [6.07, 6.45) is -3.04. The van der Waals surface area contributed by atoms with Crippen LogP contribution >= 0.6 is 0 Å². The molecule has 0 aliphatic heterocycles. The summed E-state index contributed by atoms with van der Waals surface area (Å²) in [4.78, 5) is 25.9. The number of carbonyl (C=O) groups is 2. The van der Waals surface area contributed by atoms with Crippen molar-refractivity contribution in [3.63, 3.8) is 0 Å². The van der Waals surface area contributed by atoms with Crippen molar-refractivity contribution in [1.82, 2.24) is 0 Å². The topological polar surface area (TPSA) is 67.9 Å². The average Bonchev–Trinajstić information content (AvgIpc) is 3.00. The number of carbonyl (C=O) groups excluding carboxylic acids is 2. The molecule has 0 spiro atoms. The number of esters is 2. The molecule has 0 aromatic heterocycles. The van der Waals surface area contributed by atoms with Gasteiger partial charge in [-0.1, -0.05) is 27.7 Å². The largest absolute Gasteiger partial charge is 0.465 e. The summed E-state index contributed by atoms with van der Waals surface area (Å²) in [6, 6.07) is 4.30. The van der Waals surface area contributed by atoms with E-state index in [0.29, 0.717) is 52.7 Å². The maximum Gasteiger partial charge on any atom is 0.416 e. The Morgan fingerprint density at radius 2 is 1.12 bits per heavy atom. The highest BCUT2D eigenvalue weighted by molar-refractivity contribution is 5.94.